The molecule has 1 atom stereocenters. The van der Waals surface area contributed by atoms with Crippen molar-refractivity contribution in [3.8, 4) is 11.4 Å². The van der Waals surface area contributed by atoms with Crippen LogP contribution >= 0.6 is 11.8 Å². The fourth-order valence-corrected chi connectivity index (χ4v) is 3.98. The summed E-state index contributed by atoms with van der Waals surface area (Å²) in [5.74, 6) is 1.05. The molecule has 0 unspecified atom stereocenters. The van der Waals surface area contributed by atoms with Crippen molar-refractivity contribution in [1.29, 1.82) is 0 Å². The average Bonchev–Trinajstić information content (AvgIpc) is 3.24. The molecule has 6 nitrogen and oxygen atoms in total. The van der Waals surface area contributed by atoms with Gasteiger partial charge in [-0.3, -0.25) is 0 Å². The highest BCUT2D eigenvalue weighted by atomic mass is 32.2. The summed E-state index contributed by atoms with van der Waals surface area (Å²) in [7, 11) is 0. The number of benzene rings is 2. The lowest BCUT2D eigenvalue weighted by molar-refractivity contribution is 0.142. The highest BCUT2D eigenvalue weighted by Crippen LogP contribution is 2.32. The van der Waals surface area contributed by atoms with Gasteiger partial charge in [0.15, 0.2) is 0 Å². The molecule has 3 aromatic rings. The van der Waals surface area contributed by atoms with E-state index in [1.54, 1.807) is 16.7 Å². The van der Waals surface area contributed by atoms with Crippen LogP contribution in [-0.2, 0) is 0 Å². The largest absolute Gasteiger partial charge is 0.337 e. The van der Waals surface area contributed by atoms with E-state index in [1.165, 1.54) is 0 Å². The van der Waals surface area contributed by atoms with Crippen LogP contribution in [-0.4, -0.2) is 33.9 Å². The molecule has 1 saturated heterocycles. The van der Waals surface area contributed by atoms with Crippen molar-refractivity contribution in [2.75, 3.05) is 18.1 Å². The maximum absolute atomic E-state index is 12.9. The maximum Gasteiger partial charge on any atom is 0.322 e. The molecule has 150 valence electrons. The first-order chi connectivity index (χ1) is 14.1. The Morgan fingerprint density at radius 2 is 2.03 bits per heavy atom. The molecule has 29 heavy (non-hydrogen) atoms. The number of amides is 2. The van der Waals surface area contributed by atoms with E-state index >= 15 is 0 Å². The van der Waals surface area contributed by atoms with Crippen molar-refractivity contribution in [2.45, 2.75) is 37.1 Å². The summed E-state index contributed by atoms with van der Waals surface area (Å²) in [6.07, 6.45) is 4.84. The number of thioether (sulfide) groups is 1. The number of aromatic nitrogens is 2. The van der Waals surface area contributed by atoms with Crippen LogP contribution in [0.4, 0.5) is 10.5 Å². The molecule has 1 fully saturated rings. The van der Waals surface area contributed by atoms with Crippen molar-refractivity contribution in [1.82, 2.24) is 15.0 Å². The fraction of sp³-hybridized carbons (Fsp3) is 0.318. The van der Waals surface area contributed by atoms with Crippen molar-refractivity contribution in [3.63, 3.8) is 0 Å². The van der Waals surface area contributed by atoms with E-state index in [0.29, 0.717) is 18.3 Å². The van der Waals surface area contributed by atoms with Gasteiger partial charge >= 0.3 is 6.03 Å². The second-order valence-corrected chi connectivity index (χ2v) is 8.07. The Hall–Kier alpha value is -2.80. The molecule has 0 aliphatic carbocycles. The first-order valence-corrected chi connectivity index (χ1v) is 11.0. The van der Waals surface area contributed by atoms with Gasteiger partial charge in [-0.1, -0.05) is 28.9 Å². The van der Waals surface area contributed by atoms with Crippen molar-refractivity contribution in [2.24, 2.45) is 0 Å². The molecule has 2 heterocycles. The summed E-state index contributed by atoms with van der Waals surface area (Å²) >= 11 is 1.67. The molecular weight excluding hydrogens is 384 g/mol. The van der Waals surface area contributed by atoms with Crippen LogP contribution in [0.5, 0.6) is 0 Å². The van der Waals surface area contributed by atoms with Gasteiger partial charge in [0.25, 0.3) is 0 Å². The number of piperidine rings is 1. The van der Waals surface area contributed by atoms with E-state index in [2.05, 4.69) is 15.5 Å². The molecule has 1 aromatic heterocycles. The summed E-state index contributed by atoms with van der Waals surface area (Å²) < 4.78 is 5.57. The summed E-state index contributed by atoms with van der Waals surface area (Å²) in [4.78, 5) is 20.5. The van der Waals surface area contributed by atoms with Gasteiger partial charge in [-0.15, -0.1) is 11.8 Å². The van der Waals surface area contributed by atoms with E-state index in [0.717, 1.165) is 41.0 Å². The van der Waals surface area contributed by atoms with Gasteiger partial charge in [-0.25, -0.2) is 4.79 Å². The predicted molar refractivity (Wildman–Crippen MR) is 115 cm³/mol. The Kier molecular flexibility index (Phi) is 5.85. The number of carbonyl (C=O) groups excluding carboxylic acids is 1. The third-order valence-corrected chi connectivity index (χ3v) is 5.85. The van der Waals surface area contributed by atoms with Gasteiger partial charge in [-0.05, 0) is 62.8 Å². The zero-order valence-electron chi connectivity index (χ0n) is 16.6. The van der Waals surface area contributed by atoms with Crippen LogP contribution in [0.1, 0.15) is 36.8 Å². The molecule has 0 saturated carbocycles. The first-order valence-electron chi connectivity index (χ1n) is 9.76. The van der Waals surface area contributed by atoms with Crippen LogP contribution in [0, 0.1) is 6.92 Å². The minimum absolute atomic E-state index is 0.137. The van der Waals surface area contributed by atoms with Gasteiger partial charge in [-0.2, -0.15) is 4.98 Å². The van der Waals surface area contributed by atoms with E-state index in [1.807, 2.05) is 61.7 Å². The number of urea groups is 1. The fourth-order valence-electron chi connectivity index (χ4n) is 3.57. The third kappa shape index (κ3) is 4.45. The molecule has 2 amide bonds. The standard InChI is InChI=1S/C22H24N4O2S/c1-15-6-5-7-16(14-15)20-24-21(28-25-20)19-8-3-4-13-26(19)22(27)23-17-9-11-18(29-2)12-10-17/h5-7,9-12,14,19H,3-4,8,13H2,1-2H3,(H,23,27)/t19-/m0/s1. The minimum Gasteiger partial charge on any atom is -0.337 e. The lowest BCUT2D eigenvalue weighted by Crippen LogP contribution is -2.41. The molecule has 0 spiro atoms. The summed E-state index contributed by atoms with van der Waals surface area (Å²) in [5.41, 5.74) is 2.84. The lowest BCUT2D eigenvalue weighted by Gasteiger charge is -2.33. The molecule has 1 aliphatic heterocycles. The average molecular weight is 409 g/mol. The summed E-state index contributed by atoms with van der Waals surface area (Å²) in [6, 6.07) is 15.5. The van der Waals surface area contributed by atoms with Crippen LogP contribution in [0.25, 0.3) is 11.4 Å². The Morgan fingerprint density at radius 1 is 1.21 bits per heavy atom. The van der Waals surface area contributed by atoms with E-state index in [9.17, 15) is 4.79 Å². The Labute approximate surface area is 174 Å². The number of aryl methyl sites for hydroxylation is 1. The summed E-state index contributed by atoms with van der Waals surface area (Å²) in [5, 5.41) is 7.15. The second-order valence-electron chi connectivity index (χ2n) is 7.19. The smallest absolute Gasteiger partial charge is 0.322 e. The quantitative estimate of drug-likeness (QED) is 0.575. The number of carbonyl (C=O) groups is 1. The maximum atomic E-state index is 12.9. The van der Waals surface area contributed by atoms with Gasteiger partial charge < -0.3 is 14.7 Å². The number of nitrogens with zero attached hydrogens (tertiary/aromatic N) is 3. The highest BCUT2D eigenvalue weighted by molar-refractivity contribution is 7.98. The number of rotatable bonds is 4. The lowest BCUT2D eigenvalue weighted by atomic mass is 10.0. The predicted octanol–water partition coefficient (Wildman–Crippen LogP) is 5.53. The number of likely N-dealkylation sites (tertiary alicyclic amines) is 1. The Morgan fingerprint density at radius 3 is 2.79 bits per heavy atom. The van der Waals surface area contributed by atoms with Crippen LogP contribution in [0.2, 0.25) is 0 Å². The number of nitrogens with one attached hydrogen (secondary N) is 1. The molecule has 1 aliphatic rings. The van der Waals surface area contributed by atoms with Crippen molar-refractivity contribution in [3.05, 3.63) is 60.0 Å². The molecular formula is C22H24N4O2S. The van der Waals surface area contributed by atoms with Gasteiger partial charge in [0, 0.05) is 22.7 Å². The van der Waals surface area contributed by atoms with Gasteiger partial charge in [0.2, 0.25) is 11.7 Å². The molecule has 4 rings (SSSR count). The van der Waals surface area contributed by atoms with E-state index in [-0.39, 0.29) is 12.1 Å². The highest BCUT2D eigenvalue weighted by Gasteiger charge is 2.32. The van der Waals surface area contributed by atoms with Gasteiger partial charge in [0.1, 0.15) is 6.04 Å². The molecule has 2 aromatic carbocycles. The van der Waals surface area contributed by atoms with Crippen molar-refractivity contribution >= 4 is 23.5 Å². The number of anilines is 1. The zero-order chi connectivity index (χ0) is 20.2. The summed E-state index contributed by atoms with van der Waals surface area (Å²) in [6.45, 7) is 2.70. The van der Waals surface area contributed by atoms with E-state index in [4.69, 9.17) is 4.52 Å². The second kappa shape index (κ2) is 8.69. The zero-order valence-corrected chi connectivity index (χ0v) is 17.4. The van der Waals surface area contributed by atoms with E-state index < -0.39 is 0 Å². The SMILES string of the molecule is CSc1ccc(NC(=O)N2CCCC[C@H]2c2nc(-c3cccc(C)c3)no2)cc1. The van der Waals surface area contributed by atoms with Crippen molar-refractivity contribution < 1.29 is 9.32 Å². The Balaban J connectivity index is 1.52. The topological polar surface area (TPSA) is 71.3 Å². The number of hydrogen-bond acceptors (Lipinski definition) is 5. The van der Waals surface area contributed by atoms with Crippen LogP contribution in [0.3, 0.4) is 0 Å². The monoisotopic (exact) mass is 408 g/mol. The minimum atomic E-state index is -0.208. The first kappa shape index (κ1) is 19.5. The van der Waals surface area contributed by atoms with Gasteiger partial charge in [0.05, 0.1) is 0 Å². The Bertz CT molecular complexity index is 986. The number of hydrogen-bond donors (Lipinski definition) is 1. The normalized spacial score (nSPS) is 16.6. The van der Waals surface area contributed by atoms with Crippen LogP contribution < -0.4 is 5.32 Å². The molecule has 0 radical (unpaired) electrons. The molecule has 1 N–H and O–H groups in total. The third-order valence-electron chi connectivity index (χ3n) is 5.11. The molecule has 0 bridgehead atoms. The van der Waals surface area contributed by atoms with Crippen LogP contribution in [0.15, 0.2) is 57.9 Å². The molecule has 7 heteroatoms.